The average molecular weight is 294 g/mol. The van der Waals surface area contributed by atoms with Gasteiger partial charge in [-0.15, -0.1) is 11.3 Å². The molecule has 0 saturated heterocycles. The van der Waals surface area contributed by atoms with Crippen LogP contribution in [0.4, 0.5) is 0 Å². The van der Waals surface area contributed by atoms with Crippen molar-refractivity contribution in [3.63, 3.8) is 0 Å². The Morgan fingerprint density at radius 1 is 1.40 bits per heavy atom. The van der Waals surface area contributed by atoms with E-state index in [0.717, 1.165) is 10.7 Å². The lowest BCUT2D eigenvalue weighted by Gasteiger charge is -2.15. The van der Waals surface area contributed by atoms with E-state index in [9.17, 15) is 5.11 Å². The molecule has 2 atom stereocenters. The van der Waals surface area contributed by atoms with Crippen LogP contribution >= 0.6 is 11.3 Å². The molecule has 5 heteroatoms. The molecule has 2 rings (SSSR count). The highest BCUT2D eigenvalue weighted by atomic mass is 32.1. The number of rotatable bonds is 6. The zero-order chi connectivity index (χ0) is 14.7. The number of aromatic nitrogens is 1. The molecule has 0 fully saturated rings. The Labute approximate surface area is 123 Å². The molecule has 20 heavy (non-hydrogen) atoms. The van der Waals surface area contributed by atoms with E-state index in [0.29, 0.717) is 18.2 Å². The van der Waals surface area contributed by atoms with Gasteiger partial charge in [0.15, 0.2) is 0 Å². The van der Waals surface area contributed by atoms with Crippen LogP contribution in [0.2, 0.25) is 0 Å². The van der Waals surface area contributed by atoms with Crippen LogP contribution in [-0.4, -0.2) is 16.6 Å². The minimum Gasteiger partial charge on any atom is -0.467 e. The molecule has 110 valence electrons. The summed E-state index contributed by atoms with van der Waals surface area (Å²) in [6.45, 7) is 8.91. The van der Waals surface area contributed by atoms with Crippen molar-refractivity contribution >= 4 is 11.3 Å². The summed E-state index contributed by atoms with van der Waals surface area (Å²) in [6, 6.07) is 3.74. The number of aryl methyl sites for hydroxylation is 1. The Morgan fingerprint density at radius 2 is 2.15 bits per heavy atom. The minimum absolute atomic E-state index is 0.171. The number of thiazole rings is 1. The van der Waals surface area contributed by atoms with Gasteiger partial charge in [0.05, 0.1) is 17.0 Å². The third kappa shape index (κ3) is 3.48. The molecule has 0 aliphatic heterocycles. The number of hydrogen-bond donors (Lipinski definition) is 2. The first-order valence-electron chi connectivity index (χ1n) is 6.91. The number of nitrogens with one attached hydrogen (secondary N) is 1. The Balaban J connectivity index is 1.96. The van der Waals surface area contributed by atoms with Gasteiger partial charge in [0.25, 0.3) is 0 Å². The number of hydrogen-bond acceptors (Lipinski definition) is 5. The maximum absolute atomic E-state index is 10.00. The smallest absolute Gasteiger partial charge is 0.133 e. The van der Waals surface area contributed by atoms with E-state index in [2.05, 4.69) is 31.1 Å². The molecular weight excluding hydrogens is 272 g/mol. The van der Waals surface area contributed by atoms with Crippen molar-refractivity contribution in [1.29, 1.82) is 0 Å². The number of aliphatic hydroxyl groups excluding tert-OH is 1. The van der Waals surface area contributed by atoms with Gasteiger partial charge in [-0.05, 0) is 26.0 Å². The van der Waals surface area contributed by atoms with Gasteiger partial charge >= 0.3 is 0 Å². The second-order valence-electron chi connectivity index (χ2n) is 5.32. The fraction of sp³-hybridized carbons (Fsp3) is 0.533. The summed E-state index contributed by atoms with van der Waals surface area (Å²) in [4.78, 5) is 5.84. The maximum Gasteiger partial charge on any atom is 0.133 e. The molecule has 0 amide bonds. The zero-order valence-electron chi connectivity index (χ0n) is 12.4. The predicted molar refractivity (Wildman–Crippen MR) is 81.0 cm³/mol. The first-order valence-corrected chi connectivity index (χ1v) is 7.72. The van der Waals surface area contributed by atoms with Crippen molar-refractivity contribution in [1.82, 2.24) is 10.3 Å². The van der Waals surface area contributed by atoms with E-state index in [-0.39, 0.29) is 6.04 Å². The molecule has 0 spiro atoms. The molecule has 0 saturated carbocycles. The van der Waals surface area contributed by atoms with Crippen molar-refractivity contribution in [3.05, 3.63) is 39.7 Å². The second-order valence-corrected chi connectivity index (χ2v) is 6.38. The molecule has 2 aromatic rings. The van der Waals surface area contributed by atoms with Crippen molar-refractivity contribution in [2.45, 2.75) is 45.8 Å². The number of nitrogens with zero attached hydrogens (tertiary/aromatic N) is 1. The molecule has 2 heterocycles. The molecule has 0 aliphatic carbocycles. The van der Waals surface area contributed by atoms with Crippen LogP contribution < -0.4 is 5.32 Å². The average Bonchev–Trinajstić information content (AvgIpc) is 3.04. The van der Waals surface area contributed by atoms with E-state index in [4.69, 9.17) is 4.42 Å². The van der Waals surface area contributed by atoms with Gasteiger partial charge in [0.1, 0.15) is 11.9 Å². The highest BCUT2D eigenvalue weighted by Gasteiger charge is 2.17. The molecule has 0 aliphatic rings. The summed E-state index contributed by atoms with van der Waals surface area (Å²) in [5, 5.41) is 14.5. The largest absolute Gasteiger partial charge is 0.467 e. The third-order valence-corrected chi connectivity index (χ3v) is 4.87. The van der Waals surface area contributed by atoms with Crippen LogP contribution in [0.15, 0.2) is 22.8 Å². The van der Waals surface area contributed by atoms with E-state index >= 15 is 0 Å². The summed E-state index contributed by atoms with van der Waals surface area (Å²) in [7, 11) is 0. The van der Waals surface area contributed by atoms with E-state index in [1.807, 2.05) is 6.92 Å². The lowest BCUT2D eigenvalue weighted by atomic mass is 10.2. The summed E-state index contributed by atoms with van der Waals surface area (Å²) >= 11 is 1.75. The topological polar surface area (TPSA) is 58.3 Å². The Hall–Kier alpha value is -1.17. The Kier molecular flexibility index (Phi) is 4.96. The standard InChI is InChI=1S/C15H22N2O2S/c1-9(2)15-17-11(4)14(20-15)10(3)16-8-12(18)13-6-5-7-19-13/h5-7,9-10,12,16,18H,8H2,1-4H3. The van der Waals surface area contributed by atoms with Crippen LogP contribution in [0.1, 0.15) is 60.2 Å². The van der Waals surface area contributed by atoms with E-state index in [1.165, 1.54) is 4.88 Å². The Bertz CT molecular complexity index is 534. The highest BCUT2D eigenvalue weighted by molar-refractivity contribution is 7.11. The van der Waals surface area contributed by atoms with Gasteiger partial charge in [0, 0.05) is 23.4 Å². The lowest BCUT2D eigenvalue weighted by Crippen LogP contribution is -2.24. The monoisotopic (exact) mass is 294 g/mol. The molecule has 2 N–H and O–H groups in total. The van der Waals surface area contributed by atoms with Crippen LogP contribution in [-0.2, 0) is 0 Å². The normalized spacial score (nSPS) is 14.7. The summed E-state index contributed by atoms with van der Waals surface area (Å²) in [5.74, 6) is 1.04. The quantitative estimate of drug-likeness (QED) is 0.855. The van der Waals surface area contributed by atoms with Crippen LogP contribution in [0.5, 0.6) is 0 Å². The SMILES string of the molecule is Cc1nc(C(C)C)sc1C(C)NCC(O)c1ccco1. The number of aliphatic hydroxyl groups is 1. The van der Waals surface area contributed by atoms with Gasteiger partial charge in [-0.2, -0.15) is 0 Å². The van der Waals surface area contributed by atoms with E-state index < -0.39 is 6.10 Å². The van der Waals surface area contributed by atoms with Crippen molar-refractivity contribution < 1.29 is 9.52 Å². The Morgan fingerprint density at radius 3 is 2.70 bits per heavy atom. The van der Waals surface area contributed by atoms with Crippen LogP contribution in [0.25, 0.3) is 0 Å². The van der Waals surface area contributed by atoms with Crippen LogP contribution in [0, 0.1) is 6.92 Å². The fourth-order valence-electron chi connectivity index (χ4n) is 2.04. The third-order valence-electron chi connectivity index (χ3n) is 3.23. The summed E-state index contributed by atoms with van der Waals surface area (Å²) in [6.07, 6.45) is 0.954. The van der Waals surface area contributed by atoms with Gasteiger partial charge < -0.3 is 14.8 Å². The molecule has 2 unspecified atom stereocenters. The first-order chi connectivity index (χ1) is 9.49. The molecule has 2 aromatic heterocycles. The molecular formula is C15H22N2O2S. The van der Waals surface area contributed by atoms with Gasteiger partial charge in [0.2, 0.25) is 0 Å². The second kappa shape index (κ2) is 6.52. The number of furan rings is 1. The summed E-state index contributed by atoms with van der Waals surface area (Å²) in [5.41, 5.74) is 1.08. The molecule has 0 aromatic carbocycles. The highest BCUT2D eigenvalue weighted by Crippen LogP contribution is 2.29. The van der Waals surface area contributed by atoms with Crippen molar-refractivity contribution in [3.8, 4) is 0 Å². The zero-order valence-corrected chi connectivity index (χ0v) is 13.2. The summed E-state index contributed by atoms with van der Waals surface area (Å²) < 4.78 is 5.19. The van der Waals surface area contributed by atoms with Crippen molar-refractivity contribution in [2.75, 3.05) is 6.54 Å². The first kappa shape index (κ1) is 15.2. The minimum atomic E-state index is -0.620. The molecule has 4 nitrogen and oxygen atoms in total. The van der Waals surface area contributed by atoms with E-state index in [1.54, 1.807) is 29.7 Å². The maximum atomic E-state index is 10.00. The molecule has 0 radical (unpaired) electrons. The van der Waals surface area contributed by atoms with Gasteiger partial charge in [-0.3, -0.25) is 0 Å². The lowest BCUT2D eigenvalue weighted by molar-refractivity contribution is 0.144. The van der Waals surface area contributed by atoms with Crippen molar-refractivity contribution in [2.24, 2.45) is 0 Å². The predicted octanol–water partition coefficient (Wildman–Crippen LogP) is 3.55. The van der Waals surface area contributed by atoms with Gasteiger partial charge in [-0.25, -0.2) is 4.98 Å². The molecule has 0 bridgehead atoms. The van der Waals surface area contributed by atoms with Gasteiger partial charge in [-0.1, -0.05) is 13.8 Å². The van der Waals surface area contributed by atoms with Crippen LogP contribution in [0.3, 0.4) is 0 Å². The fourth-order valence-corrected chi connectivity index (χ4v) is 3.14.